The molecule has 2 N–H and O–H groups in total. The molecule has 0 aliphatic rings. The van der Waals surface area contributed by atoms with Gasteiger partial charge in [0.15, 0.2) is 0 Å². The van der Waals surface area contributed by atoms with Gasteiger partial charge in [-0.3, -0.25) is 4.79 Å². The highest BCUT2D eigenvalue weighted by Crippen LogP contribution is 2.11. The third-order valence-corrected chi connectivity index (χ3v) is 2.99. The summed E-state index contributed by atoms with van der Waals surface area (Å²) in [6, 6.07) is -0.590. The molecule has 0 bridgehead atoms. The number of methoxy groups -OCH3 is 1. The van der Waals surface area contributed by atoms with E-state index in [0.29, 0.717) is 13.2 Å². The van der Waals surface area contributed by atoms with E-state index in [2.05, 4.69) is 10.6 Å². The van der Waals surface area contributed by atoms with Crippen LogP contribution in [0.15, 0.2) is 0 Å². The zero-order valence-corrected chi connectivity index (χ0v) is 14.1. The number of hydrogen-bond acceptors (Lipinski definition) is 4. The SMILES string of the molecule is CCC(C)C(NC(=O)OC(C)(C)C)C(=O)NCCCOC. The second kappa shape index (κ2) is 9.60. The third kappa shape index (κ3) is 9.28. The molecule has 0 heterocycles. The standard InChI is InChI=1S/C15H30N2O4/c1-7-11(2)12(13(18)16-9-8-10-20-6)17-14(19)21-15(3,4)5/h11-12H,7-10H2,1-6H3,(H,16,18)(H,17,19). The molecule has 0 radical (unpaired) electrons. The number of alkyl carbamates (subject to hydrolysis) is 1. The van der Waals surface area contributed by atoms with E-state index in [4.69, 9.17) is 9.47 Å². The van der Waals surface area contributed by atoms with Crippen molar-refractivity contribution in [1.29, 1.82) is 0 Å². The van der Waals surface area contributed by atoms with Crippen molar-refractivity contribution in [2.45, 2.75) is 59.1 Å². The highest BCUT2D eigenvalue weighted by atomic mass is 16.6. The molecule has 2 unspecified atom stereocenters. The predicted octanol–water partition coefficient (Wildman–Crippen LogP) is 2.08. The first-order valence-corrected chi connectivity index (χ1v) is 7.47. The fourth-order valence-corrected chi connectivity index (χ4v) is 1.67. The molecule has 21 heavy (non-hydrogen) atoms. The van der Waals surface area contributed by atoms with Crippen molar-refractivity contribution >= 4 is 12.0 Å². The van der Waals surface area contributed by atoms with E-state index in [1.54, 1.807) is 27.9 Å². The molecule has 2 amide bonds. The lowest BCUT2D eigenvalue weighted by Gasteiger charge is -2.26. The average Bonchev–Trinajstić information content (AvgIpc) is 2.37. The van der Waals surface area contributed by atoms with Gasteiger partial charge in [-0.1, -0.05) is 20.3 Å². The molecular formula is C15H30N2O4. The molecule has 6 heteroatoms. The number of carbonyl (C=O) groups excluding carboxylic acids is 2. The third-order valence-electron chi connectivity index (χ3n) is 2.99. The van der Waals surface area contributed by atoms with Crippen molar-refractivity contribution < 1.29 is 19.1 Å². The lowest BCUT2D eigenvalue weighted by Crippen LogP contribution is -2.51. The predicted molar refractivity (Wildman–Crippen MR) is 82.1 cm³/mol. The van der Waals surface area contributed by atoms with Gasteiger partial charge >= 0.3 is 6.09 Å². The van der Waals surface area contributed by atoms with Crippen LogP contribution in [0.5, 0.6) is 0 Å². The Labute approximate surface area is 127 Å². The van der Waals surface area contributed by atoms with E-state index < -0.39 is 17.7 Å². The van der Waals surface area contributed by atoms with E-state index in [1.165, 1.54) is 0 Å². The zero-order chi connectivity index (χ0) is 16.5. The molecule has 0 aromatic rings. The van der Waals surface area contributed by atoms with Gasteiger partial charge in [0.25, 0.3) is 0 Å². The van der Waals surface area contributed by atoms with Crippen molar-refractivity contribution in [3.63, 3.8) is 0 Å². The van der Waals surface area contributed by atoms with Crippen molar-refractivity contribution in [3.05, 3.63) is 0 Å². The van der Waals surface area contributed by atoms with Gasteiger partial charge in [-0.2, -0.15) is 0 Å². The Bertz CT molecular complexity index is 326. The number of nitrogens with one attached hydrogen (secondary N) is 2. The lowest BCUT2D eigenvalue weighted by molar-refractivity contribution is -0.124. The van der Waals surface area contributed by atoms with Crippen LogP contribution in [-0.4, -0.2) is 43.9 Å². The Kier molecular flexibility index (Phi) is 9.01. The molecule has 0 aromatic carbocycles. The number of amides is 2. The fraction of sp³-hybridized carbons (Fsp3) is 0.867. The van der Waals surface area contributed by atoms with Crippen molar-refractivity contribution in [3.8, 4) is 0 Å². The van der Waals surface area contributed by atoms with Gasteiger partial charge in [-0.15, -0.1) is 0 Å². The molecule has 0 aliphatic carbocycles. The molecule has 0 saturated heterocycles. The van der Waals surface area contributed by atoms with Crippen molar-refractivity contribution in [2.75, 3.05) is 20.3 Å². The topological polar surface area (TPSA) is 76.7 Å². The maximum absolute atomic E-state index is 12.2. The number of hydrogen-bond donors (Lipinski definition) is 2. The van der Waals surface area contributed by atoms with Gasteiger partial charge in [-0.25, -0.2) is 4.79 Å². The normalized spacial score (nSPS) is 14.2. The maximum Gasteiger partial charge on any atom is 0.408 e. The molecule has 0 aliphatic heterocycles. The van der Waals surface area contributed by atoms with E-state index in [1.807, 2.05) is 13.8 Å². The first-order valence-electron chi connectivity index (χ1n) is 7.47. The van der Waals surface area contributed by atoms with Gasteiger partial charge in [0, 0.05) is 20.3 Å². The van der Waals surface area contributed by atoms with Crippen molar-refractivity contribution in [2.24, 2.45) is 5.92 Å². The smallest absolute Gasteiger partial charge is 0.408 e. The molecule has 124 valence electrons. The van der Waals surface area contributed by atoms with Crippen LogP contribution >= 0.6 is 0 Å². The van der Waals surface area contributed by atoms with E-state index in [-0.39, 0.29) is 11.8 Å². The number of carbonyl (C=O) groups is 2. The quantitative estimate of drug-likeness (QED) is 0.673. The van der Waals surface area contributed by atoms with E-state index >= 15 is 0 Å². The minimum absolute atomic E-state index is 0.0277. The molecule has 0 fully saturated rings. The summed E-state index contributed by atoms with van der Waals surface area (Å²) in [5, 5.41) is 5.47. The van der Waals surface area contributed by atoms with Crippen LogP contribution in [0.3, 0.4) is 0 Å². The Hall–Kier alpha value is -1.30. The average molecular weight is 302 g/mol. The number of ether oxygens (including phenoxy) is 2. The summed E-state index contributed by atoms with van der Waals surface area (Å²) >= 11 is 0. The molecule has 0 rings (SSSR count). The first-order chi connectivity index (χ1) is 9.71. The first kappa shape index (κ1) is 19.7. The zero-order valence-electron chi connectivity index (χ0n) is 14.1. The maximum atomic E-state index is 12.2. The van der Waals surface area contributed by atoms with Crippen LogP contribution in [-0.2, 0) is 14.3 Å². The van der Waals surface area contributed by atoms with Gasteiger partial charge < -0.3 is 20.1 Å². The summed E-state index contributed by atoms with van der Waals surface area (Å²) in [4.78, 5) is 24.0. The Morgan fingerprint density at radius 1 is 1.24 bits per heavy atom. The van der Waals surface area contributed by atoms with Crippen LogP contribution in [0, 0.1) is 5.92 Å². The number of rotatable bonds is 8. The summed E-state index contributed by atoms with van der Waals surface area (Å²) < 4.78 is 10.1. The van der Waals surface area contributed by atoms with Gasteiger partial charge in [-0.05, 0) is 33.1 Å². The second-order valence-corrected chi connectivity index (χ2v) is 6.15. The largest absolute Gasteiger partial charge is 0.444 e. The summed E-state index contributed by atoms with van der Waals surface area (Å²) in [6.07, 6.45) is 0.952. The molecule has 2 atom stereocenters. The van der Waals surface area contributed by atoms with Gasteiger partial charge in [0.1, 0.15) is 11.6 Å². The van der Waals surface area contributed by atoms with Crippen LogP contribution in [0.4, 0.5) is 4.79 Å². The summed E-state index contributed by atoms with van der Waals surface area (Å²) in [5.74, 6) is -0.161. The van der Waals surface area contributed by atoms with E-state index in [9.17, 15) is 9.59 Å². The second-order valence-electron chi connectivity index (χ2n) is 6.15. The van der Waals surface area contributed by atoms with Crippen LogP contribution in [0.1, 0.15) is 47.5 Å². The highest BCUT2D eigenvalue weighted by molar-refractivity contribution is 5.85. The van der Waals surface area contributed by atoms with E-state index in [0.717, 1.165) is 12.8 Å². The summed E-state index contributed by atoms with van der Waals surface area (Å²) in [6.45, 7) is 10.4. The van der Waals surface area contributed by atoms with Crippen LogP contribution in [0.25, 0.3) is 0 Å². The van der Waals surface area contributed by atoms with Gasteiger partial charge in [0.2, 0.25) is 5.91 Å². The monoisotopic (exact) mass is 302 g/mol. The Morgan fingerprint density at radius 3 is 2.33 bits per heavy atom. The summed E-state index contributed by atoms with van der Waals surface area (Å²) in [7, 11) is 1.62. The molecular weight excluding hydrogens is 272 g/mol. The minimum Gasteiger partial charge on any atom is -0.444 e. The summed E-state index contributed by atoms with van der Waals surface area (Å²) in [5.41, 5.74) is -0.584. The fourth-order valence-electron chi connectivity index (χ4n) is 1.67. The minimum atomic E-state index is -0.590. The Balaban J connectivity index is 4.51. The molecule has 6 nitrogen and oxygen atoms in total. The highest BCUT2D eigenvalue weighted by Gasteiger charge is 2.27. The Morgan fingerprint density at radius 2 is 1.86 bits per heavy atom. The van der Waals surface area contributed by atoms with Crippen LogP contribution in [0.2, 0.25) is 0 Å². The molecule has 0 saturated carbocycles. The molecule has 0 spiro atoms. The lowest BCUT2D eigenvalue weighted by atomic mass is 9.98. The molecule has 0 aromatic heterocycles. The van der Waals surface area contributed by atoms with Crippen LogP contribution < -0.4 is 10.6 Å². The van der Waals surface area contributed by atoms with Gasteiger partial charge in [0.05, 0.1) is 0 Å². The van der Waals surface area contributed by atoms with Crippen molar-refractivity contribution in [1.82, 2.24) is 10.6 Å².